The van der Waals surface area contributed by atoms with E-state index in [2.05, 4.69) is 33.7 Å². The van der Waals surface area contributed by atoms with E-state index < -0.39 is 24.2 Å². The minimum absolute atomic E-state index is 0.0966. The van der Waals surface area contributed by atoms with Crippen molar-refractivity contribution in [2.75, 3.05) is 16.0 Å². The van der Waals surface area contributed by atoms with Gasteiger partial charge in [-0.1, -0.05) is 29.9 Å². The lowest BCUT2D eigenvalue weighted by Gasteiger charge is -2.18. The molecule has 0 aliphatic heterocycles. The maximum atomic E-state index is 13.0. The summed E-state index contributed by atoms with van der Waals surface area (Å²) in [5.41, 5.74) is 2.85. The van der Waals surface area contributed by atoms with Crippen LogP contribution in [0.5, 0.6) is 5.75 Å². The van der Waals surface area contributed by atoms with Crippen LogP contribution in [0.25, 0.3) is 0 Å². The molecular formula is C33H23N3O5. The van der Waals surface area contributed by atoms with Crippen LogP contribution in [0.2, 0.25) is 0 Å². The molecule has 0 saturated heterocycles. The smallest absolute Gasteiger partial charge is 0.417 e. The third-order valence-corrected chi connectivity index (χ3v) is 5.76. The van der Waals surface area contributed by atoms with Gasteiger partial charge in [0.15, 0.2) is 0 Å². The molecule has 41 heavy (non-hydrogen) atoms. The van der Waals surface area contributed by atoms with Crippen molar-refractivity contribution in [1.29, 1.82) is 0 Å². The molecule has 8 nitrogen and oxygen atoms in total. The van der Waals surface area contributed by atoms with E-state index in [1.807, 2.05) is 0 Å². The Hall–Kier alpha value is -6.17. The van der Waals surface area contributed by atoms with Crippen LogP contribution in [0.15, 0.2) is 90.5 Å². The van der Waals surface area contributed by atoms with Gasteiger partial charge in [0.1, 0.15) is 11.9 Å². The average molecular weight is 542 g/mol. The third-order valence-electron chi connectivity index (χ3n) is 5.76. The number of nitrogens with one attached hydrogen (secondary N) is 3. The Bertz CT molecular complexity index is 1680. The highest BCUT2D eigenvalue weighted by Crippen LogP contribution is 2.26. The molecule has 1 aliphatic carbocycles. The fourth-order valence-corrected chi connectivity index (χ4v) is 3.72. The Morgan fingerprint density at radius 3 is 2.22 bits per heavy atom. The zero-order valence-electron chi connectivity index (χ0n) is 21.6. The van der Waals surface area contributed by atoms with Crippen molar-refractivity contribution in [1.82, 2.24) is 0 Å². The van der Waals surface area contributed by atoms with E-state index in [1.54, 1.807) is 66.8 Å². The Kier molecular flexibility index (Phi) is 8.88. The van der Waals surface area contributed by atoms with Gasteiger partial charge in [-0.2, -0.15) is 0 Å². The van der Waals surface area contributed by atoms with Crippen LogP contribution in [-0.2, 0) is 4.74 Å². The number of hydrogen-bond donors (Lipinski definition) is 3. The van der Waals surface area contributed by atoms with E-state index in [1.165, 1.54) is 18.2 Å². The number of terminal acetylenes is 3. The number of ether oxygens (including phenoxy) is 2. The summed E-state index contributed by atoms with van der Waals surface area (Å²) in [6.07, 6.45) is 19.5. The van der Waals surface area contributed by atoms with E-state index in [9.17, 15) is 14.4 Å². The summed E-state index contributed by atoms with van der Waals surface area (Å²) < 4.78 is 10.8. The normalized spacial score (nSPS) is 13.3. The molecule has 0 spiro atoms. The Balaban J connectivity index is 1.52. The molecular weight excluding hydrogens is 518 g/mol. The Morgan fingerprint density at radius 1 is 0.780 bits per heavy atom. The number of hydrogen-bond acceptors (Lipinski definition) is 5. The van der Waals surface area contributed by atoms with Gasteiger partial charge in [0.05, 0.1) is 11.4 Å². The molecule has 3 aromatic carbocycles. The van der Waals surface area contributed by atoms with Gasteiger partial charge in [0.25, 0.3) is 5.91 Å². The molecule has 1 unspecified atom stereocenters. The molecule has 0 bridgehead atoms. The maximum absolute atomic E-state index is 13.0. The summed E-state index contributed by atoms with van der Waals surface area (Å²) in [7, 11) is 0. The van der Waals surface area contributed by atoms with Gasteiger partial charge in [-0.3, -0.25) is 15.4 Å². The molecule has 0 radical (unpaired) electrons. The highest BCUT2D eigenvalue weighted by atomic mass is 16.6. The lowest BCUT2D eigenvalue weighted by atomic mass is 10.1. The van der Waals surface area contributed by atoms with Crippen LogP contribution in [-0.4, -0.2) is 24.2 Å². The van der Waals surface area contributed by atoms with Gasteiger partial charge in [0.2, 0.25) is 0 Å². The summed E-state index contributed by atoms with van der Waals surface area (Å²) in [6.45, 7) is 0. The Morgan fingerprint density at radius 2 is 1.54 bits per heavy atom. The van der Waals surface area contributed by atoms with Crippen molar-refractivity contribution >= 4 is 35.2 Å². The minimum atomic E-state index is -0.833. The molecule has 0 saturated carbocycles. The standard InChI is InChI=1S/C33H23N3O5/c1-4-22-10-15-27(16-11-22)40-32(38)35-29-19-14-25(31(37)34-26-9-7-8-24(6-3)20-26)21-30(29)36-33(39)41-28-17-12-23(5-2)13-18-28/h1-3,7-17,19-21,28H,18H2,(H,34,37)(H,35,38)(H,36,39). The molecule has 4 rings (SSSR count). The summed E-state index contributed by atoms with van der Waals surface area (Å²) in [4.78, 5) is 38.4. The molecule has 0 fully saturated rings. The van der Waals surface area contributed by atoms with E-state index in [0.29, 0.717) is 28.8 Å². The third kappa shape index (κ3) is 7.67. The number of amides is 3. The minimum Gasteiger partial charge on any atom is -0.441 e. The predicted molar refractivity (Wildman–Crippen MR) is 157 cm³/mol. The summed E-state index contributed by atoms with van der Waals surface area (Å²) in [6, 6.07) is 17.5. The van der Waals surface area contributed by atoms with Crippen LogP contribution in [0.4, 0.5) is 26.7 Å². The first-order valence-corrected chi connectivity index (χ1v) is 12.3. The maximum Gasteiger partial charge on any atom is 0.417 e. The second-order valence-electron chi connectivity index (χ2n) is 8.59. The largest absolute Gasteiger partial charge is 0.441 e. The van der Waals surface area contributed by atoms with Crippen molar-refractivity contribution in [3.8, 4) is 42.8 Å². The first-order chi connectivity index (χ1) is 19.9. The number of carbonyl (C=O) groups excluding carboxylic acids is 3. The van der Waals surface area contributed by atoms with Crippen LogP contribution in [0.1, 0.15) is 27.9 Å². The predicted octanol–water partition coefficient (Wildman–Crippen LogP) is 5.95. The van der Waals surface area contributed by atoms with Gasteiger partial charge in [-0.05, 0) is 72.8 Å². The molecule has 3 N–H and O–H groups in total. The second-order valence-corrected chi connectivity index (χ2v) is 8.59. The first-order valence-electron chi connectivity index (χ1n) is 12.3. The van der Waals surface area contributed by atoms with E-state index >= 15 is 0 Å². The zero-order chi connectivity index (χ0) is 29.2. The highest BCUT2D eigenvalue weighted by molar-refractivity contribution is 6.07. The van der Waals surface area contributed by atoms with Gasteiger partial charge >= 0.3 is 12.2 Å². The van der Waals surface area contributed by atoms with Crippen LogP contribution in [0, 0.1) is 37.0 Å². The van der Waals surface area contributed by atoms with Crippen molar-refractivity contribution in [3.05, 3.63) is 107 Å². The summed E-state index contributed by atoms with van der Waals surface area (Å²) in [5.74, 6) is 7.28. The molecule has 0 aromatic heterocycles. The lowest BCUT2D eigenvalue weighted by molar-refractivity contribution is 0.102. The zero-order valence-corrected chi connectivity index (χ0v) is 21.6. The highest BCUT2D eigenvalue weighted by Gasteiger charge is 2.18. The van der Waals surface area contributed by atoms with Crippen molar-refractivity contribution in [3.63, 3.8) is 0 Å². The molecule has 1 aliphatic rings. The summed E-state index contributed by atoms with van der Waals surface area (Å²) in [5, 5.41) is 7.91. The Labute approximate surface area is 237 Å². The van der Waals surface area contributed by atoms with Gasteiger partial charge in [-0.15, -0.1) is 19.3 Å². The quantitative estimate of drug-likeness (QED) is 0.335. The number of carbonyl (C=O) groups is 3. The number of allylic oxidation sites excluding steroid dienone is 2. The van der Waals surface area contributed by atoms with Crippen LogP contribution in [0.3, 0.4) is 0 Å². The SMILES string of the molecule is C#CC1=CCC(OC(=O)Nc2cc(C(=O)Nc3cccc(C#C)c3)ccc2NC(=O)Oc2ccc(C#C)cc2)C=C1. The van der Waals surface area contributed by atoms with Gasteiger partial charge in [-0.25, -0.2) is 9.59 Å². The second kappa shape index (κ2) is 13.1. The van der Waals surface area contributed by atoms with Crippen LogP contribution < -0.4 is 20.7 Å². The molecule has 200 valence electrons. The number of benzene rings is 3. The molecule has 3 amide bonds. The molecule has 0 heterocycles. The first kappa shape index (κ1) is 27.9. The monoisotopic (exact) mass is 541 g/mol. The number of anilines is 3. The van der Waals surface area contributed by atoms with E-state index in [4.69, 9.17) is 28.7 Å². The molecule has 1 atom stereocenters. The van der Waals surface area contributed by atoms with Crippen LogP contribution >= 0.6 is 0 Å². The summed E-state index contributed by atoms with van der Waals surface area (Å²) >= 11 is 0. The van der Waals surface area contributed by atoms with E-state index in [-0.39, 0.29) is 22.7 Å². The fraction of sp³-hybridized carbons (Fsp3) is 0.0606. The van der Waals surface area contributed by atoms with Crippen molar-refractivity contribution < 1.29 is 23.9 Å². The number of rotatable bonds is 6. The molecule has 8 heteroatoms. The lowest BCUT2D eigenvalue weighted by Crippen LogP contribution is -2.24. The van der Waals surface area contributed by atoms with E-state index in [0.717, 1.165) is 0 Å². The van der Waals surface area contributed by atoms with Gasteiger partial charge < -0.3 is 14.8 Å². The van der Waals surface area contributed by atoms with Crippen molar-refractivity contribution in [2.45, 2.75) is 12.5 Å². The van der Waals surface area contributed by atoms with Gasteiger partial charge in [0, 0.05) is 34.4 Å². The van der Waals surface area contributed by atoms with Crippen molar-refractivity contribution in [2.24, 2.45) is 0 Å². The topological polar surface area (TPSA) is 106 Å². The fourth-order valence-electron chi connectivity index (χ4n) is 3.72. The molecule has 3 aromatic rings. The average Bonchev–Trinajstić information content (AvgIpc) is 2.98.